The molecule has 2 aromatic heterocycles. The molecule has 0 aliphatic rings. The second kappa shape index (κ2) is 14.2. The fourth-order valence-electron chi connectivity index (χ4n) is 7.21. The Morgan fingerprint density at radius 1 is 0.481 bits per heavy atom. The number of para-hydroxylation sites is 3. The third kappa shape index (κ3) is 6.07. The third-order valence-corrected chi connectivity index (χ3v) is 10.0. The molecule has 0 N–H and O–H groups in total. The average molecular weight is 702 g/mol. The van der Waals surface area contributed by atoms with Crippen LogP contribution in [0.5, 0.6) is 5.75 Å². The lowest BCUT2D eigenvalue weighted by atomic mass is 10.1. The first kappa shape index (κ1) is 33.0. The highest BCUT2D eigenvalue weighted by molar-refractivity contribution is 6.09. The Morgan fingerprint density at radius 3 is 1.46 bits per heavy atom. The van der Waals surface area contributed by atoms with Crippen LogP contribution in [-0.2, 0) is 0 Å². The van der Waals surface area contributed by atoms with E-state index >= 15 is 0 Å². The molecule has 0 aliphatic heterocycles. The van der Waals surface area contributed by atoms with Gasteiger partial charge in [-0.1, -0.05) is 91.9 Å². The van der Waals surface area contributed by atoms with Crippen molar-refractivity contribution in [2.24, 2.45) is 0 Å². The minimum atomic E-state index is 0.149. The van der Waals surface area contributed by atoms with Crippen LogP contribution < -0.4 is 9.64 Å². The molecular formula is C48H39N5O. The van der Waals surface area contributed by atoms with Gasteiger partial charge in [0.1, 0.15) is 5.75 Å². The van der Waals surface area contributed by atoms with Crippen LogP contribution in [0.2, 0.25) is 0 Å². The Labute approximate surface area is 315 Å². The van der Waals surface area contributed by atoms with E-state index in [1.54, 1.807) is 0 Å². The predicted molar refractivity (Wildman–Crippen MR) is 222 cm³/mol. The minimum Gasteiger partial charge on any atom is -0.491 e. The highest BCUT2D eigenvalue weighted by Crippen LogP contribution is 2.38. The first-order chi connectivity index (χ1) is 26.7. The van der Waals surface area contributed by atoms with E-state index in [4.69, 9.17) is 14.9 Å². The summed E-state index contributed by atoms with van der Waals surface area (Å²) >= 11 is 0. The zero-order valence-corrected chi connectivity index (χ0v) is 30.2. The van der Waals surface area contributed by atoms with E-state index in [9.17, 15) is 0 Å². The van der Waals surface area contributed by atoms with Crippen molar-refractivity contribution in [1.29, 1.82) is 0 Å². The monoisotopic (exact) mass is 701 g/mol. The third-order valence-electron chi connectivity index (χ3n) is 10.0. The van der Waals surface area contributed by atoms with Crippen molar-refractivity contribution in [3.63, 3.8) is 0 Å². The largest absolute Gasteiger partial charge is 0.491 e. The fourth-order valence-corrected chi connectivity index (χ4v) is 7.21. The van der Waals surface area contributed by atoms with Gasteiger partial charge in [-0.2, -0.15) is 0 Å². The second-order valence-electron chi connectivity index (χ2n) is 13.5. The molecular weight excluding hydrogens is 663 g/mol. The van der Waals surface area contributed by atoms with Crippen LogP contribution in [0.15, 0.2) is 182 Å². The number of hydrogen-bond donors (Lipinski definition) is 0. The van der Waals surface area contributed by atoms with Gasteiger partial charge < -0.3 is 14.2 Å². The number of rotatable bonds is 10. The Morgan fingerprint density at radius 2 is 0.926 bits per heavy atom. The van der Waals surface area contributed by atoms with Crippen molar-refractivity contribution in [1.82, 2.24) is 19.3 Å². The van der Waals surface area contributed by atoms with Crippen molar-refractivity contribution >= 4 is 38.9 Å². The standard InChI is InChI=1S/C48H39N5O/c1-3-34(2)54-42-32-22-36(23-33-42)48-50-49-47(35-14-6-4-7-15-35)53(48)41-30-26-39(27-31-41)51(37-16-8-5-9-17-37)38-24-28-40(29-25-38)52-45-20-12-10-18-43(45)44-19-11-13-21-46(44)52/h4-34H,3H2,1-2H3. The van der Waals surface area contributed by atoms with Gasteiger partial charge in [0.15, 0.2) is 11.6 Å². The van der Waals surface area contributed by atoms with Crippen LogP contribution in [0.4, 0.5) is 17.1 Å². The SMILES string of the molecule is CCC(C)Oc1ccc(-c2nnc(-c3ccccc3)n2-c2ccc(N(c3ccccc3)c3ccc(-n4c5ccccc5c5ccccc54)cc3)cc2)cc1. The minimum absolute atomic E-state index is 0.149. The van der Waals surface area contributed by atoms with E-state index in [1.165, 1.54) is 21.8 Å². The molecule has 0 radical (unpaired) electrons. The van der Waals surface area contributed by atoms with Crippen molar-refractivity contribution in [3.05, 3.63) is 182 Å². The summed E-state index contributed by atoms with van der Waals surface area (Å²) in [6.07, 6.45) is 1.10. The lowest BCUT2D eigenvalue weighted by molar-refractivity contribution is 0.217. The van der Waals surface area contributed by atoms with E-state index in [-0.39, 0.29) is 6.10 Å². The van der Waals surface area contributed by atoms with Crippen LogP contribution in [0.25, 0.3) is 56.0 Å². The smallest absolute Gasteiger partial charge is 0.168 e. The quantitative estimate of drug-likeness (QED) is 0.142. The van der Waals surface area contributed by atoms with E-state index in [2.05, 4.69) is 180 Å². The molecule has 262 valence electrons. The van der Waals surface area contributed by atoms with E-state index < -0.39 is 0 Å². The van der Waals surface area contributed by atoms with Crippen molar-refractivity contribution < 1.29 is 4.74 Å². The highest BCUT2D eigenvalue weighted by atomic mass is 16.5. The van der Waals surface area contributed by atoms with Crippen LogP contribution in [0.1, 0.15) is 20.3 Å². The molecule has 6 heteroatoms. The molecule has 1 atom stereocenters. The zero-order valence-electron chi connectivity index (χ0n) is 30.2. The van der Waals surface area contributed by atoms with Gasteiger partial charge in [-0.25, -0.2) is 0 Å². The van der Waals surface area contributed by atoms with Crippen molar-refractivity contribution in [2.45, 2.75) is 26.4 Å². The molecule has 0 fully saturated rings. The molecule has 0 saturated heterocycles. The van der Waals surface area contributed by atoms with Gasteiger partial charge in [-0.15, -0.1) is 10.2 Å². The van der Waals surface area contributed by atoms with E-state index in [1.807, 2.05) is 30.3 Å². The number of fused-ring (bicyclic) bond motifs is 3. The van der Waals surface area contributed by atoms with Gasteiger partial charge >= 0.3 is 0 Å². The molecule has 9 aromatic rings. The zero-order chi connectivity index (χ0) is 36.4. The summed E-state index contributed by atoms with van der Waals surface area (Å²) in [5, 5.41) is 11.9. The van der Waals surface area contributed by atoms with Crippen LogP contribution in [0, 0.1) is 0 Å². The molecule has 7 aromatic carbocycles. The Kier molecular flexibility index (Phi) is 8.69. The first-order valence-corrected chi connectivity index (χ1v) is 18.5. The molecule has 0 bridgehead atoms. The number of nitrogens with zero attached hydrogens (tertiary/aromatic N) is 5. The Hall–Kier alpha value is -6.92. The van der Waals surface area contributed by atoms with E-state index in [0.717, 1.165) is 63.4 Å². The summed E-state index contributed by atoms with van der Waals surface area (Å²) in [5.74, 6) is 2.38. The number of ether oxygens (including phenoxy) is 1. The van der Waals surface area contributed by atoms with Gasteiger partial charge in [-0.3, -0.25) is 4.57 Å². The van der Waals surface area contributed by atoms with Gasteiger partial charge in [0.25, 0.3) is 0 Å². The van der Waals surface area contributed by atoms with Gasteiger partial charge in [-0.05, 0) is 110 Å². The summed E-state index contributed by atoms with van der Waals surface area (Å²) < 4.78 is 10.5. The molecule has 0 saturated carbocycles. The van der Waals surface area contributed by atoms with Gasteiger partial charge in [0, 0.05) is 50.3 Å². The maximum atomic E-state index is 6.06. The summed E-state index contributed by atoms with van der Waals surface area (Å²) in [7, 11) is 0. The normalized spacial score (nSPS) is 11.9. The number of benzene rings is 7. The predicted octanol–water partition coefficient (Wildman–Crippen LogP) is 12.3. The highest BCUT2D eigenvalue weighted by Gasteiger charge is 2.19. The molecule has 2 heterocycles. The lowest BCUT2D eigenvalue weighted by Crippen LogP contribution is -2.10. The molecule has 0 amide bonds. The maximum absolute atomic E-state index is 6.06. The Bertz CT molecular complexity index is 2610. The second-order valence-corrected chi connectivity index (χ2v) is 13.5. The summed E-state index contributed by atoms with van der Waals surface area (Å²) in [6, 6.07) is 63.6. The molecule has 9 rings (SSSR count). The van der Waals surface area contributed by atoms with Crippen molar-refractivity contribution in [3.8, 4) is 39.9 Å². The maximum Gasteiger partial charge on any atom is 0.168 e. The van der Waals surface area contributed by atoms with Crippen LogP contribution >= 0.6 is 0 Å². The van der Waals surface area contributed by atoms with Crippen LogP contribution in [0.3, 0.4) is 0 Å². The Balaban J connectivity index is 1.10. The van der Waals surface area contributed by atoms with Crippen molar-refractivity contribution in [2.75, 3.05) is 4.90 Å². The summed E-state index contributed by atoms with van der Waals surface area (Å²) in [4.78, 5) is 2.29. The topological polar surface area (TPSA) is 48.1 Å². The van der Waals surface area contributed by atoms with Crippen LogP contribution in [-0.4, -0.2) is 25.4 Å². The summed E-state index contributed by atoms with van der Waals surface area (Å²) in [6.45, 7) is 4.21. The number of anilines is 3. The molecule has 6 nitrogen and oxygen atoms in total. The molecule has 0 aliphatic carbocycles. The van der Waals surface area contributed by atoms with E-state index in [0.29, 0.717) is 0 Å². The fraction of sp³-hybridized carbons (Fsp3) is 0.0833. The number of hydrogen-bond acceptors (Lipinski definition) is 4. The average Bonchev–Trinajstić information content (AvgIpc) is 3.83. The van der Waals surface area contributed by atoms with Gasteiger partial charge in [0.2, 0.25) is 0 Å². The van der Waals surface area contributed by atoms with Gasteiger partial charge in [0.05, 0.1) is 17.1 Å². The molecule has 1 unspecified atom stereocenters. The number of aromatic nitrogens is 4. The summed E-state index contributed by atoms with van der Waals surface area (Å²) in [5.41, 5.74) is 9.60. The lowest BCUT2D eigenvalue weighted by Gasteiger charge is -2.26. The molecule has 54 heavy (non-hydrogen) atoms. The first-order valence-electron chi connectivity index (χ1n) is 18.5. The molecule has 0 spiro atoms.